The number of anilines is 1. The molecule has 5 rings (SSSR count). The van der Waals surface area contributed by atoms with Crippen LogP contribution in [0.2, 0.25) is 0 Å². The number of sulfonamides is 1. The SMILES string of the molecule is COc1ccc(N(CC(=O)N(Cc2ccc(Br)cc2)[C@H](Cc2ccccc2)C(=O)NC2CCCCC2)S(=O)(=O)c2ccccc2)cc1OC. The van der Waals surface area contributed by atoms with Gasteiger partial charge in [-0.15, -0.1) is 0 Å². The molecule has 1 atom stereocenters. The van der Waals surface area contributed by atoms with Crippen molar-refractivity contribution in [2.45, 2.75) is 62.0 Å². The summed E-state index contributed by atoms with van der Waals surface area (Å²) in [6.45, 7) is -0.474. The van der Waals surface area contributed by atoms with Gasteiger partial charge in [0.1, 0.15) is 12.6 Å². The molecule has 0 spiro atoms. The van der Waals surface area contributed by atoms with Gasteiger partial charge in [-0.3, -0.25) is 13.9 Å². The Bertz CT molecular complexity index is 1800. The van der Waals surface area contributed by atoms with Crippen LogP contribution in [0.5, 0.6) is 11.5 Å². The number of ether oxygens (including phenoxy) is 2. The Balaban J connectivity index is 1.58. The summed E-state index contributed by atoms with van der Waals surface area (Å²) in [5.74, 6) is -0.0724. The third kappa shape index (κ3) is 9.21. The summed E-state index contributed by atoms with van der Waals surface area (Å²) in [5, 5.41) is 3.24. The Morgan fingerprint density at radius 3 is 2.08 bits per heavy atom. The zero-order chi connectivity index (χ0) is 34.8. The monoisotopic (exact) mass is 747 g/mol. The van der Waals surface area contributed by atoms with Crippen LogP contribution in [-0.2, 0) is 32.6 Å². The fourth-order valence-electron chi connectivity index (χ4n) is 6.11. The molecule has 0 bridgehead atoms. The lowest BCUT2D eigenvalue weighted by Gasteiger charge is -2.35. The summed E-state index contributed by atoms with van der Waals surface area (Å²) in [6.07, 6.45) is 5.22. The third-order valence-corrected chi connectivity index (χ3v) is 11.1. The summed E-state index contributed by atoms with van der Waals surface area (Å²) < 4.78 is 41.4. The van der Waals surface area contributed by atoms with E-state index in [-0.39, 0.29) is 35.5 Å². The number of nitrogens with zero attached hydrogens (tertiary/aromatic N) is 2. The fourth-order valence-corrected chi connectivity index (χ4v) is 7.80. The molecule has 1 N–H and O–H groups in total. The maximum absolute atomic E-state index is 14.8. The molecule has 11 heteroatoms. The lowest BCUT2D eigenvalue weighted by molar-refractivity contribution is -0.140. The van der Waals surface area contributed by atoms with E-state index in [0.29, 0.717) is 11.5 Å². The molecule has 1 saturated carbocycles. The first-order valence-electron chi connectivity index (χ1n) is 16.4. The van der Waals surface area contributed by atoms with E-state index in [0.717, 1.165) is 52.0 Å². The molecular weight excluding hydrogens is 706 g/mol. The van der Waals surface area contributed by atoms with Crippen molar-refractivity contribution in [1.82, 2.24) is 10.2 Å². The highest BCUT2D eigenvalue weighted by molar-refractivity contribution is 9.10. The van der Waals surface area contributed by atoms with Gasteiger partial charge in [0, 0.05) is 29.5 Å². The van der Waals surface area contributed by atoms with E-state index in [1.807, 2.05) is 54.6 Å². The highest BCUT2D eigenvalue weighted by atomic mass is 79.9. The van der Waals surface area contributed by atoms with Gasteiger partial charge in [-0.25, -0.2) is 8.42 Å². The maximum atomic E-state index is 14.8. The smallest absolute Gasteiger partial charge is 0.264 e. The number of hydrogen-bond donors (Lipinski definition) is 1. The van der Waals surface area contributed by atoms with Crippen molar-refractivity contribution in [3.05, 3.63) is 119 Å². The molecule has 1 fully saturated rings. The highest BCUT2D eigenvalue weighted by Crippen LogP contribution is 2.34. The van der Waals surface area contributed by atoms with Gasteiger partial charge in [-0.1, -0.05) is 95.9 Å². The Labute approximate surface area is 297 Å². The first-order chi connectivity index (χ1) is 23.7. The van der Waals surface area contributed by atoms with Crippen molar-refractivity contribution in [3.8, 4) is 11.5 Å². The molecule has 0 heterocycles. The van der Waals surface area contributed by atoms with Crippen LogP contribution in [0, 0.1) is 0 Å². The molecule has 0 saturated heterocycles. The molecule has 0 aromatic heterocycles. The van der Waals surface area contributed by atoms with E-state index >= 15 is 0 Å². The van der Waals surface area contributed by atoms with Gasteiger partial charge in [-0.2, -0.15) is 0 Å². The third-order valence-electron chi connectivity index (χ3n) is 8.75. The van der Waals surface area contributed by atoms with E-state index < -0.39 is 28.5 Å². The van der Waals surface area contributed by atoms with E-state index in [9.17, 15) is 18.0 Å². The van der Waals surface area contributed by atoms with Gasteiger partial charge >= 0.3 is 0 Å². The number of benzene rings is 4. The molecule has 49 heavy (non-hydrogen) atoms. The highest BCUT2D eigenvalue weighted by Gasteiger charge is 2.35. The molecule has 4 aromatic rings. The zero-order valence-corrected chi connectivity index (χ0v) is 30.2. The van der Waals surface area contributed by atoms with Crippen molar-refractivity contribution < 1.29 is 27.5 Å². The van der Waals surface area contributed by atoms with E-state index in [1.165, 1.54) is 37.3 Å². The number of halogens is 1. The number of methoxy groups -OCH3 is 2. The first-order valence-corrected chi connectivity index (χ1v) is 18.6. The average Bonchev–Trinajstić information content (AvgIpc) is 3.13. The van der Waals surface area contributed by atoms with Crippen molar-refractivity contribution in [2.75, 3.05) is 25.1 Å². The van der Waals surface area contributed by atoms with Crippen LogP contribution in [0.15, 0.2) is 112 Å². The Hall–Kier alpha value is -4.35. The van der Waals surface area contributed by atoms with Gasteiger partial charge in [0.15, 0.2) is 11.5 Å². The van der Waals surface area contributed by atoms with Crippen LogP contribution in [0.25, 0.3) is 0 Å². The summed E-state index contributed by atoms with van der Waals surface area (Å²) >= 11 is 3.48. The summed E-state index contributed by atoms with van der Waals surface area (Å²) in [4.78, 5) is 30.6. The van der Waals surface area contributed by atoms with Crippen molar-refractivity contribution in [2.24, 2.45) is 0 Å². The van der Waals surface area contributed by atoms with E-state index in [2.05, 4.69) is 21.2 Å². The number of hydrogen-bond acceptors (Lipinski definition) is 6. The number of carbonyl (C=O) groups is 2. The normalized spacial score (nSPS) is 14.0. The predicted molar refractivity (Wildman–Crippen MR) is 194 cm³/mol. The van der Waals surface area contributed by atoms with Crippen molar-refractivity contribution in [1.29, 1.82) is 0 Å². The van der Waals surface area contributed by atoms with Gasteiger partial charge in [-0.05, 0) is 60.4 Å². The minimum Gasteiger partial charge on any atom is -0.493 e. The van der Waals surface area contributed by atoms with Gasteiger partial charge in [0.25, 0.3) is 10.0 Å². The Morgan fingerprint density at radius 2 is 1.45 bits per heavy atom. The van der Waals surface area contributed by atoms with E-state index in [1.54, 1.807) is 30.3 Å². The first kappa shape index (κ1) is 35.9. The van der Waals surface area contributed by atoms with Crippen molar-refractivity contribution in [3.63, 3.8) is 0 Å². The van der Waals surface area contributed by atoms with Crippen LogP contribution < -0.4 is 19.1 Å². The fraction of sp³-hybridized carbons (Fsp3) is 0.316. The number of carbonyl (C=O) groups excluding carboxylic acids is 2. The minimum absolute atomic E-state index is 0.0193. The number of amides is 2. The predicted octanol–water partition coefficient (Wildman–Crippen LogP) is 6.75. The molecule has 0 radical (unpaired) electrons. The van der Waals surface area contributed by atoms with E-state index in [4.69, 9.17) is 9.47 Å². The number of rotatable bonds is 14. The summed E-state index contributed by atoms with van der Waals surface area (Å²) in [6, 6.07) is 28.9. The van der Waals surface area contributed by atoms with Crippen LogP contribution in [-0.4, -0.2) is 58.0 Å². The average molecular weight is 749 g/mol. The molecule has 2 amide bonds. The summed E-state index contributed by atoms with van der Waals surface area (Å²) in [5.41, 5.74) is 1.89. The second-order valence-corrected chi connectivity index (χ2v) is 14.8. The molecule has 9 nitrogen and oxygen atoms in total. The molecule has 1 aliphatic rings. The second kappa shape index (κ2) is 16.8. The Morgan fingerprint density at radius 1 is 0.816 bits per heavy atom. The minimum atomic E-state index is -4.25. The second-order valence-electron chi connectivity index (χ2n) is 12.1. The maximum Gasteiger partial charge on any atom is 0.264 e. The van der Waals surface area contributed by atoms with Crippen LogP contribution in [0.3, 0.4) is 0 Å². The van der Waals surface area contributed by atoms with Crippen LogP contribution in [0.4, 0.5) is 5.69 Å². The lowest BCUT2D eigenvalue weighted by atomic mass is 9.94. The van der Waals surface area contributed by atoms with Gasteiger partial charge < -0.3 is 19.7 Å². The molecular formula is C38H42BrN3O6S. The quantitative estimate of drug-likeness (QED) is 0.153. The molecule has 258 valence electrons. The van der Waals surface area contributed by atoms with Gasteiger partial charge in [0.05, 0.1) is 24.8 Å². The largest absolute Gasteiger partial charge is 0.493 e. The molecule has 0 aliphatic heterocycles. The summed E-state index contributed by atoms with van der Waals surface area (Å²) in [7, 11) is -1.30. The van der Waals surface area contributed by atoms with Crippen LogP contribution in [0.1, 0.15) is 43.2 Å². The van der Waals surface area contributed by atoms with Gasteiger partial charge in [0.2, 0.25) is 11.8 Å². The van der Waals surface area contributed by atoms with Crippen molar-refractivity contribution >= 4 is 43.5 Å². The molecule has 1 aliphatic carbocycles. The Kier molecular flexibility index (Phi) is 12.4. The molecule has 4 aromatic carbocycles. The number of nitrogens with one attached hydrogen (secondary N) is 1. The molecule has 0 unspecified atom stereocenters. The zero-order valence-electron chi connectivity index (χ0n) is 27.8. The topological polar surface area (TPSA) is 105 Å². The standard InChI is InChI=1S/C38H42BrN3O6S/c1-47-35-23-22-32(25-36(35)48-2)42(49(45,46)33-16-10-5-11-17-33)27-37(43)41(26-29-18-20-30(39)21-19-29)34(24-28-12-6-3-7-13-28)38(44)40-31-14-8-4-9-15-31/h3,5-7,10-13,16-23,25,31,34H,4,8-9,14-15,24,26-27H2,1-2H3,(H,40,44)/t34-/m1/s1. The van der Waals surface area contributed by atoms with Crippen LogP contribution >= 0.6 is 15.9 Å². The lowest BCUT2D eigenvalue weighted by Crippen LogP contribution is -2.55.